The van der Waals surface area contributed by atoms with E-state index >= 15 is 0 Å². The minimum Gasteiger partial charge on any atom is -0.477 e. The molecule has 3 rings (SSSR count). The fraction of sp³-hybridized carbons (Fsp3) is 0. The highest BCUT2D eigenvalue weighted by Gasteiger charge is 2.11. The number of anilines is 2. The number of halogens is 1. The van der Waals surface area contributed by atoms with Crippen LogP contribution in [-0.4, -0.2) is 16.1 Å². The average molecular weight is 343 g/mol. The lowest BCUT2D eigenvalue weighted by Gasteiger charge is -2.12. The van der Waals surface area contributed by atoms with Crippen molar-refractivity contribution >= 4 is 44.2 Å². The van der Waals surface area contributed by atoms with Crippen molar-refractivity contribution in [3.8, 4) is 0 Å². The SMILES string of the molecule is O=C(O)c1cc(Nc2ccccc2Br)c2ccccc2n1. The first-order chi connectivity index (χ1) is 10.1. The van der Waals surface area contributed by atoms with Gasteiger partial charge in [-0.15, -0.1) is 0 Å². The second kappa shape index (κ2) is 5.54. The van der Waals surface area contributed by atoms with E-state index < -0.39 is 5.97 Å². The lowest BCUT2D eigenvalue weighted by molar-refractivity contribution is 0.0691. The molecule has 1 heterocycles. The Labute approximate surface area is 129 Å². The smallest absolute Gasteiger partial charge is 0.354 e. The van der Waals surface area contributed by atoms with Gasteiger partial charge in [0.15, 0.2) is 5.69 Å². The summed E-state index contributed by atoms with van der Waals surface area (Å²) in [7, 11) is 0. The summed E-state index contributed by atoms with van der Waals surface area (Å²) < 4.78 is 0.905. The topological polar surface area (TPSA) is 62.2 Å². The van der Waals surface area contributed by atoms with Crippen molar-refractivity contribution in [1.29, 1.82) is 0 Å². The van der Waals surface area contributed by atoms with Gasteiger partial charge < -0.3 is 10.4 Å². The Morgan fingerprint density at radius 1 is 1.05 bits per heavy atom. The number of carboxylic acid groups (broad SMARTS) is 1. The third-order valence-corrected chi connectivity index (χ3v) is 3.77. The standard InChI is InChI=1S/C16H11BrN2O2/c17-11-6-2-4-8-13(11)19-14-9-15(16(20)21)18-12-7-3-1-5-10(12)14/h1-9H,(H,18,19)(H,20,21). The van der Waals surface area contributed by atoms with Crippen LogP contribution >= 0.6 is 15.9 Å². The highest BCUT2D eigenvalue weighted by molar-refractivity contribution is 9.10. The second-order valence-corrected chi connectivity index (χ2v) is 5.34. The Balaban J connectivity index is 2.16. The van der Waals surface area contributed by atoms with Gasteiger partial charge in [0, 0.05) is 9.86 Å². The number of hydrogen-bond donors (Lipinski definition) is 2. The predicted octanol–water partition coefficient (Wildman–Crippen LogP) is 4.44. The van der Waals surface area contributed by atoms with E-state index in [-0.39, 0.29) is 5.69 Å². The molecule has 3 aromatic rings. The minimum atomic E-state index is -1.05. The molecule has 0 saturated carbocycles. The normalized spacial score (nSPS) is 10.5. The Bertz CT molecular complexity index is 833. The van der Waals surface area contributed by atoms with Gasteiger partial charge in [-0.25, -0.2) is 9.78 Å². The highest BCUT2D eigenvalue weighted by Crippen LogP contribution is 2.30. The van der Waals surface area contributed by atoms with Gasteiger partial charge in [-0.1, -0.05) is 30.3 Å². The predicted molar refractivity (Wildman–Crippen MR) is 86.1 cm³/mol. The van der Waals surface area contributed by atoms with Crippen molar-refractivity contribution in [2.45, 2.75) is 0 Å². The van der Waals surface area contributed by atoms with E-state index in [9.17, 15) is 9.90 Å². The van der Waals surface area contributed by atoms with E-state index in [2.05, 4.69) is 26.2 Å². The number of hydrogen-bond acceptors (Lipinski definition) is 3. The molecule has 0 aliphatic carbocycles. The molecule has 0 unspecified atom stereocenters. The largest absolute Gasteiger partial charge is 0.477 e. The highest BCUT2D eigenvalue weighted by atomic mass is 79.9. The number of rotatable bonds is 3. The molecule has 0 atom stereocenters. The fourth-order valence-electron chi connectivity index (χ4n) is 2.10. The molecule has 0 amide bonds. The number of fused-ring (bicyclic) bond motifs is 1. The molecule has 2 aromatic carbocycles. The molecule has 21 heavy (non-hydrogen) atoms. The molecular formula is C16H11BrN2O2. The van der Waals surface area contributed by atoms with Crippen LogP contribution in [0, 0.1) is 0 Å². The van der Waals surface area contributed by atoms with Crippen molar-refractivity contribution in [1.82, 2.24) is 4.98 Å². The summed E-state index contributed by atoms with van der Waals surface area (Å²) in [4.78, 5) is 15.4. The molecule has 1 aromatic heterocycles. The quantitative estimate of drug-likeness (QED) is 0.738. The van der Waals surface area contributed by atoms with Crippen LogP contribution in [0.3, 0.4) is 0 Å². The van der Waals surface area contributed by atoms with Gasteiger partial charge in [0.1, 0.15) is 0 Å². The third kappa shape index (κ3) is 2.73. The number of para-hydroxylation sites is 2. The number of nitrogens with zero attached hydrogens (tertiary/aromatic N) is 1. The molecule has 0 spiro atoms. The summed E-state index contributed by atoms with van der Waals surface area (Å²) in [6, 6.07) is 16.7. The minimum absolute atomic E-state index is 0.0169. The van der Waals surface area contributed by atoms with Crippen LogP contribution in [0.2, 0.25) is 0 Å². The van der Waals surface area contributed by atoms with E-state index in [0.717, 1.165) is 15.5 Å². The molecule has 104 valence electrons. The first-order valence-electron chi connectivity index (χ1n) is 6.30. The molecular weight excluding hydrogens is 332 g/mol. The second-order valence-electron chi connectivity index (χ2n) is 4.48. The lowest BCUT2D eigenvalue weighted by Crippen LogP contribution is -2.03. The summed E-state index contributed by atoms with van der Waals surface area (Å²) in [5.41, 5.74) is 2.24. The fourth-order valence-corrected chi connectivity index (χ4v) is 2.48. The number of pyridine rings is 1. The lowest BCUT2D eigenvalue weighted by atomic mass is 10.1. The van der Waals surface area contributed by atoms with Crippen molar-refractivity contribution in [2.75, 3.05) is 5.32 Å². The van der Waals surface area contributed by atoms with Crippen LogP contribution in [0.1, 0.15) is 10.5 Å². The van der Waals surface area contributed by atoms with Crippen molar-refractivity contribution < 1.29 is 9.90 Å². The maximum absolute atomic E-state index is 11.2. The summed E-state index contributed by atoms with van der Waals surface area (Å²) in [6.45, 7) is 0. The number of aromatic carboxylic acids is 1. The van der Waals surface area contributed by atoms with Crippen LogP contribution < -0.4 is 5.32 Å². The first kappa shape index (κ1) is 13.6. The molecule has 5 heteroatoms. The zero-order valence-corrected chi connectivity index (χ0v) is 12.5. The maximum Gasteiger partial charge on any atom is 0.354 e. The average Bonchev–Trinajstić information content (AvgIpc) is 2.49. The van der Waals surface area contributed by atoms with E-state index in [1.54, 1.807) is 12.1 Å². The molecule has 0 fully saturated rings. The van der Waals surface area contributed by atoms with E-state index in [1.165, 1.54) is 0 Å². The molecule has 4 nitrogen and oxygen atoms in total. The van der Waals surface area contributed by atoms with Gasteiger partial charge in [0.05, 0.1) is 16.9 Å². The third-order valence-electron chi connectivity index (χ3n) is 3.08. The van der Waals surface area contributed by atoms with Gasteiger partial charge in [0.25, 0.3) is 0 Å². The van der Waals surface area contributed by atoms with Crippen LogP contribution in [0.4, 0.5) is 11.4 Å². The zero-order chi connectivity index (χ0) is 14.8. The van der Waals surface area contributed by atoms with Crippen molar-refractivity contribution in [3.63, 3.8) is 0 Å². The van der Waals surface area contributed by atoms with Crippen LogP contribution in [0.15, 0.2) is 59.1 Å². The van der Waals surface area contributed by atoms with Crippen molar-refractivity contribution in [2.24, 2.45) is 0 Å². The summed E-state index contributed by atoms with van der Waals surface area (Å²) >= 11 is 3.47. The number of aromatic nitrogens is 1. The van der Waals surface area contributed by atoms with Gasteiger partial charge >= 0.3 is 5.97 Å². The van der Waals surface area contributed by atoms with Crippen LogP contribution in [0.5, 0.6) is 0 Å². The Hall–Kier alpha value is -2.40. The molecule has 0 radical (unpaired) electrons. The zero-order valence-electron chi connectivity index (χ0n) is 10.9. The molecule has 0 saturated heterocycles. The monoisotopic (exact) mass is 342 g/mol. The van der Waals surface area contributed by atoms with E-state index in [0.29, 0.717) is 11.2 Å². The van der Waals surface area contributed by atoms with Gasteiger partial charge in [-0.2, -0.15) is 0 Å². The summed E-state index contributed by atoms with van der Waals surface area (Å²) in [5, 5.41) is 13.3. The molecule has 0 aliphatic rings. The van der Waals surface area contributed by atoms with Gasteiger partial charge in [-0.05, 0) is 40.2 Å². The van der Waals surface area contributed by atoms with Gasteiger partial charge in [0.2, 0.25) is 0 Å². The molecule has 2 N–H and O–H groups in total. The number of benzene rings is 2. The van der Waals surface area contributed by atoms with E-state index in [4.69, 9.17) is 0 Å². The number of carboxylic acids is 1. The Morgan fingerprint density at radius 3 is 2.52 bits per heavy atom. The van der Waals surface area contributed by atoms with Crippen molar-refractivity contribution in [3.05, 3.63) is 64.8 Å². The van der Waals surface area contributed by atoms with Gasteiger partial charge in [-0.3, -0.25) is 0 Å². The maximum atomic E-state index is 11.2. The molecule has 0 aliphatic heterocycles. The van der Waals surface area contributed by atoms with Crippen LogP contribution in [-0.2, 0) is 0 Å². The number of carbonyl (C=O) groups is 1. The molecule has 0 bridgehead atoms. The Kier molecular flexibility index (Phi) is 3.58. The first-order valence-corrected chi connectivity index (χ1v) is 7.09. The number of nitrogens with one attached hydrogen (secondary N) is 1. The summed E-state index contributed by atoms with van der Waals surface area (Å²) in [5.74, 6) is -1.05. The summed E-state index contributed by atoms with van der Waals surface area (Å²) in [6.07, 6.45) is 0. The van der Waals surface area contributed by atoms with Crippen LogP contribution in [0.25, 0.3) is 10.9 Å². The van der Waals surface area contributed by atoms with E-state index in [1.807, 2.05) is 42.5 Å². The Morgan fingerprint density at radius 2 is 1.76 bits per heavy atom.